The zero-order chi connectivity index (χ0) is 14.1. The van der Waals surface area contributed by atoms with Gasteiger partial charge in [0.1, 0.15) is 0 Å². The van der Waals surface area contributed by atoms with Crippen LogP contribution in [0.25, 0.3) is 0 Å². The topological polar surface area (TPSA) is 73.5 Å². The number of nitrogens with one attached hydrogen (secondary N) is 3. The third kappa shape index (κ3) is 6.02. The normalized spacial score (nSPS) is 16.4. The minimum atomic E-state index is -0.395. The van der Waals surface area contributed by atoms with E-state index in [1.165, 1.54) is 0 Å². The van der Waals surface area contributed by atoms with Crippen LogP contribution in [-0.2, 0) is 4.79 Å². The number of carbonyl (C=O) groups is 2. The van der Waals surface area contributed by atoms with E-state index < -0.39 is 6.03 Å². The second-order valence-corrected chi connectivity index (χ2v) is 4.85. The minimum Gasteiger partial charge on any atom is -0.338 e. The maximum atomic E-state index is 11.8. The highest BCUT2D eigenvalue weighted by molar-refractivity contribution is 5.95. The Bertz CT molecular complexity index is 290. The Labute approximate surface area is 115 Å². The van der Waals surface area contributed by atoms with Crippen LogP contribution in [0, 0.1) is 0 Å². The van der Waals surface area contributed by atoms with Crippen molar-refractivity contribution < 1.29 is 9.59 Å². The van der Waals surface area contributed by atoms with Crippen LogP contribution < -0.4 is 16.0 Å². The number of hydrogen-bond donors (Lipinski definition) is 3. The van der Waals surface area contributed by atoms with Gasteiger partial charge >= 0.3 is 6.03 Å². The fraction of sp³-hybridized carbons (Fsp3) is 0.846. The minimum absolute atomic E-state index is 0.228. The van der Waals surface area contributed by atoms with Crippen molar-refractivity contribution in [2.75, 3.05) is 32.7 Å². The van der Waals surface area contributed by atoms with Gasteiger partial charge in [-0.05, 0) is 38.9 Å². The second-order valence-electron chi connectivity index (χ2n) is 4.85. The van der Waals surface area contributed by atoms with E-state index in [4.69, 9.17) is 0 Å². The summed E-state index contributed by atoms with van der Waals surface area (Å²) < 4.78 is 0. The van der Waals surface area contributed by atoms with E-state index in [1.54, 1.807) is 0 Å². The molecule has 6 nitrogen and oxygen atoms in total. The van der Waals surface area contributed by atoms with Gasteiger partial charge in [0.2, 0.25) is 5.91 Å². The summed E-state index contributed by atoms with van der Waals surface area (Å²) in [6, 6.07) is 0.0453. The van der Waals surface area contributed by atoms with Crippen LogP contribution in [0.5, 0.6) is 0 Å². The molecule has 19 heavy (non-hydrogen) atoms. The van der Waals surface area contributed by atoms with E-state index in [2.05, 4.69) is 20.9 Å². The van der Waals surface area contributed by atoms with Gasteiger partial charge in [-0.1, -0.05) is 13.8 Å². The lowest BCUT2D eigenvalue weighted by Gasteiger charge is -2.33. The summed E-state index contributed by atoms with van der Waals surface area (Å²) in [6.07, 6.45) is 2.98. The van der Waals surface area contributed by atoms with E-state index in [-0.39, 0.29) is 5.91 Å². The smallest absolute Gasteiger partial charge is 0.321 e. The molecule has 0 radical (unpaired) electrons. The molecule has 1 saturated heterocycles. The number of carbonyl (C=O) groups excluding carboxylic acids is 2. The first-order chi connectivity index (χ1) is 9.17. The lowest BCUT2D eigenvalue weighted by molar-refractivity contribution is -0.121. The number of rotatable bonds is 6. The molecular weight excluding hydrogens is 244 g/mol. The van der Waals surface area contributed by atoms with E-state index >= 15 is 0 Å². The summed E-state index contributed by atoms with van der Waals surface area (Å²) in [7, 11) is 0. The van der Waals surface area contributed by atoms with Gasteiger partial charge in [-0.15, -0.1) is 0 Å². The summed E-state index contributed by atoms with van der Waals surface area (Å²) in [5.41, 5.74) is 0. The Kier molecular flexibility index (Phi) is 7.43. The Morgan fingerprint density at radius 1 is 1.26 bits per heavy atom. The molecule has 0 aliphatic carbocycles. The molecule has 3 amide bonds. The molecule has 6 heteroatoms. The van der Waals surface area contributed by atoms with Gasteiger partial charge in [-0.25, -0.2) is 4.79 Å². The first-order valence-electron chi connectivity index (χ1n) is 7.19. The average Bonchev–Trinajstić information content (AvgIpc) is 2.43. The largest absolute Gasteiger partial charge is 0.338 e. The molecule has 1 aliphatic heterocycles. The molecular formula is C13H26N4O2. The average molecular weight is 270 g/mol. The SMILES string of the molecule is CCCNC(=O)NC(=O)CN(CC)C1CCNCC1. The van der Waals surface area contributed by atoms with Crippen molar-refractivity contribution in [2.24, 2.45) is 0 Å². The van der Waals surface area contributed by atoms with Crippen LogP contribution in [0.4, 0.5) is 4.79 Å². The molecule has 1 aliphatic rings. The number of nitrogens with zero attached hydrogens (tertiary/aromatic N) is 1. The Morgan fingerprint density at radius 2 is 1.95 bits per heavy atom. The van der Waals surface area contributed by atoms with E-state index in [0.29, 0.717) is 19.1 Å². The summed E-state index contributed by atoms with van der Waals surface area (Å²) in [4.78, 5) is 25.3. The van der Waals surface area contributed by atoms with Crippen molar-refractivity contribution in [3.05, 3.63) is 0 Å². The molecule has 110 valence electrons. The van der Waals surface area contributed by atoms with Gasteiger partial charge in [0.15, 0.2) is 0 Å². The summed E-state index contributed by atoms with van der Waals surface area (Å²) in [5.74, 6) is -0.228. The molecule has 0 aromatic heterocycles. The second kappa shape index (κ2) is 8.87. The van der Waals surface area contributed by atoms with Gasteiger partial charge in [0.05, 0.1) is 6.54 Å². The highest BCUT2D eigenvalue weighted by Crippen LogP contribution is 2.10. The molecule has 3 N–H and O–H groups in total. The standard InChI is InChI=1S/C13H26N4O2/c1-3-7-15-13(19)16-12(18)10-17(4-2)11-5-8-14-9-6-11/h11,14H,3-10H2,1-2H3,(H2,15,16,18,19). The fourth-order valence-corrected chi connectivity index (χ4v) is 2.30. The number of piperidine rings is 1. The molecule has 0 aromatic rings. The molecule has 0 saturated carbocycles. The van der Waals surface area contributed by atoms with E-state index in [1.807, 2.05) is 13.8 Å². The zero-order valence-electron chi connectivity index (χ0n) is 12.0. The fourth-order valence-electron chi connectivity index (χ4n) is 2.30. The molecule has 0 atom stereocenters. The van der Waals surface area contributed by atoms with Gasteiger partial charge < -0.3 is 10.6 Å². The molecule has 0 bridgehead atoms. The highest BCUT2D eigenvalue weighted by Gasteiger charge is 2.22. The quantitative estimate of drug-likeness (QED) is 0.649. The van der Waals surface area contributed by atoms with Gasteiger partial charge in [0.25, 0.3) is 0 Å². The molecule has 1 heterocycles. The van der Waals surface area contributed by atoms with E-state index in [0.717, 1.165) is 38.9 Å². The first-order valence-corrected chi connectivity index (χ1v) is 7.19. The Morgan fingerprint density at radius 3 is 2.53 bits per heavy atom. The van der Waals surface area contributed by atoms with Crippen molar-refractivity contribution in [1.82, 2.24) is 20.9 Å². The van der Waals surface area contributed by atoms with Crippen LogP contribution in [0.15, 0.2) is 0 Å². The summed E-state index contributed by atoms with van der Waals surface area (Å²) in [6.45, 7) is 7.73. The summed E-state index contributed by atoms with van der Waals surface area (Å²) in [5, 5.41) is 8.32. The maximum absolute atomic E-state index is 11.8. The molecule has 0 unspecified atom stereocenters. The maximum Gasteiger partial charge on any atom is 0.321 e. The Hall–Kier alpha value is -1.14. The third-order valence-electron chi connectivity index (χ3n) is 3.37. The number of amides is 3. The van der Waals surface area contributed by atoms with Crippen molar-refractivity contribution in [3.63, 3.8) is 0 Å². The van der Waals surface area contributed by atoms with Gasteiger partial charge in [-0.3, -0.25) is 15.0 Å². The van der Waals surface area contributed by atoms with Crippen molar-refractivity contribution in [3.8, 4) is 0 Å². The van der Waals surface area contributed by atoms with Crippen molar-refractivity contribution in [1.29, 1.82) is 0 Å². The van der Waals surface area contributed by atoms with Crippen LogP contribution >= 0.6 is 0 Å². The lowest BCUT2D eigenvalue weighted by Crippen LogP contribution is -2.49. The lowest BCUT2D eigenvalue weighted by atomic mass is 10.0. The van der Waals surface area contributed by atoms with Crippen LogP contribution in [0.2, 0.25) is 0 Å². The third-order valence-corrected chi connectivity index (χ3v) is 3.37. The monoisotopic (exact) mass is 270 g/mol. The molecule has 1 rings (SSSR count). The zero-order valence-corrected chi connectivity index (χ0v) is 12.0. The Balaban J connectivity index is 2.33. The number of urea groups is 1. The highest BCUT2D eigenvalue weighted by atomic mass is 16.2. The number of imide groups is 1. The van der Waals surface area contributed by atoms with Crippen molar-refractivity contribution in [2.45, 2.75) is 39.2 Å². The van der Waals surface area contributed by atoms with E-state index in [9.17, 15) is 9.59 Å². The number of likely N-dealkylation sites (N-methyl/N-ethyl adjacent to an activating group) is 1. The predicted octanol–water partition coefficient (Wildman–Crippen LogP) is 0.296. The van der Waals surface area contributed by atoms with Gasteiger partial charge in [0, 0.05) is 12.6 Å². The van der Waals surface area contributed by atoms with Crippen molar-refractivity contribution >= 4 is 11.9 Å². The summed E-state index contributed by atoms with van der Waals surface area (Å²) >= 11 is 0. The molecule has 0 spiro atoms. The molecule has 1 fully saturated rings. The van der Waals surface area contributed by atoms with Crippen LogP contribution in [0.1, 0.15) is 33.1 Å². The van der Waals surface area contributed by atoms with Crippen LogP contribution in [-0.4, -0.2) is 55.6 Å². The van der Waals surface area contributed by atoms with Crippen LogP contribution in [0.3, 0.4) is 0 Å². The van der Waals surface area contributed by atoms with Gasteiger partial charge in [-0.2, -0.15) is 0 Å². The number of hydrogen-bond acceptors (Lipinski definition) is 4. The predicted molar refractivity (Wildman–Crippen MR) is 75.0 cm³/mol. The molecule has 0 aromatic carbocycles. The first kappa shape index (κ1) is 15.9.